The Balaban J connectivity index is 1.28. The number of rotatable bonds is 6. The van der Waals surface area contributed by atoms with E-state index >= 15 is 0 Å². The molecule has 4 saturated carbocycles. The van der Waals surface area contributed by atoms with Gasteiger partial charge in [0.25, 0.3) is 0 Å². The van der Waals surface area contributed by atoms with Crippen molar-refractivity contribution in [3.8, 4) is 0 Å². The van der Waals surface area contributed by atoms with Crippen LogP contribution in [0.5, 0.6) is 0 Å². The van der Waals surface area contributed by atoms with E-state index in [2.05, 4.69) is 32.6 Å². The van der Waals surface area contributed by atoms with E-state index in [9.17, 15) is 5.11 Å². The van der Waals surface area contributed by atoms with Crippen LogP contribution in [0.25, 0.3) is 0 Å². The summed E-state index contributed by atoms with van der Waals surface area (Å²) < 4.78 is 6.15. The molecule has 0 spiro atoms. The van der Waals surface area contributed by atoms with Gasteiger partial charge in [-0.1, -0.05) is 0 Å². The Bertz CT molecular complexity index is 447. The molecule has 0 radical (unpaired) electrons. The van der Waals surface area contributed by atoms with Crippen molar-refractivity contribution in [2.75, 3.05) is 19.8 Å². The van der Waals surface area contributed by atoms with Crippen LogP contribution in [-0.4, -0.2) is 46.9 Å². The van der Waals surface area contributed by atoms with E-state index in [1.54, 1.807) is 0 Å². The van der Waals surface area contributed by atoms with Gasteiger partial charge in [-0.15, -0.1) is 0 Å². The van der Waals surface area contributed by atoms with Crippen molar-refractivity contribution in [2.45, 2.75) is 96.2 Å². The maximum absolute atomic E-state index is 10.6. The van der Waals surface area contributed by atoms with E-state index in [4.69, 9.17) is 4.74 Å². The molecule has 5 fully saturated rings. The second-order valence-electron chi connectivity index (χ2n) is 11.3. The molecule has 3 nitrogen and oxygen atoms in total. The van der Waals surface area contributed by atoms with Gasteiger partial charge in [-0.3, -0.25) is 4.90 Å². The van der Waals surface area contributed by atoms with Gasteiger partial charge in [-0.25, -0.2) is 0 Å². The first kappa shape index (κ1) is 18.3. The van der Waals surface area contributed by atoms with Crippen LogP contribution in [0, 0.1) is 23.2 Å². The molecule has 25 heavy (non-hydrogen) atoms. The first-order valence-electron chi connectivity index (χ1n) is 10.7. The van der Waals surface area contributed by atoms with E-state index < -0.39 is 0 Å². The second kappa shape index (κ2) is 6.21. The summed E-state index contributed by atoms with van der Waals surface area (Å²) in [4.78, 5) is 2.50. The average molecular weight is 350 g/mol. The van der Waals surface area contributed by atoms with Crippen LogP contribution in [0.15, 0.2) is 0 Å². The topological polar surface area (TPSA) is 32.7 Å². The summed E-state index contributed by atoms with van der Waals surface area (Å²) in [5.74, 6) is 2.93. The van der Waals surface area contributed by atoms with Gasteiger partial charge in [0.2, 0.25) is 0 Å². The van der Waals surface area contributed by atoms with Gasteiger partial charge < -0.3 is 9.84 Å². The van der Waals surface area contributed by atoms with E-state index in [0.29, 0.717) is 12.0 Å². The first-order chi connectivity index (χ1) is 11.7. The van der Waals surface area contributed by atoms with E-state index in [0.717, 1.165) is 30.9 Å². The Hall–Kier alpha value is -0.120. The van der Waals surface area contributed by atoms with E-state index in [-0.39, 0.29) is 17.2 Å². The Labute approximate surface area is 154 Å². The molecule has 4 aliphatic carbocycles. The quantitative estimate of drug-likeness (QED) is 0.779. The molecule has 3 heteroatoms. The largest absolute Gasteiger partial charge is 0.389 e. The van der Waals surface area contributed by atoms with Crippen LogP contribution in [0.4, 0.5) is 0 Å². The monoisotopic (exact) mass is 349 g/mol. The number of nitrogens with zero attached hydrogens (tertiary/aromatic N) is 1. The van der Waals surface area contributed by atoms with Crippen LogP contribution >= 0.6 is 0 Å². The molecule has 144 valence electrons. The molecule has 1 N–H and O–H groups in total. The fraction of sp³-hybridized carbons (Fsp3) is 1.00. The molecule has 0 aromatic carbocycles. The zero-order valence-electron chi connectivity index (χ0n) is 16.9. The summed E-state index contributed by atoms with van der Waals surface area (Å²) >= 11 is 0. The van der Waals surface area contributed by atoms with Gasteiger partial charge in [0.05, 0.1) is 19.3 Å². The minimum atomic E-state index is -0.370. The highest BCUT2D eigenvalue weighted by Crippen LogP contribution is 2.60. The summed E-state index contributed by atoms with van der Waals surface area (Å²) in [5, 5.41) is 10.6. The Morgan fingerprint density at radius 2 is 1.40 bits per heavy atom. The zero-order valence-corrected chi connectivity index (χ0v) is 16.9. The predicted molar refractivity (Wildman–Crippen MR) is 102 cm³/mol. The molecular weight excluding hydrogens is 310 g/mol. The van der Waals surface area contributed by atoms with Crippen LogP contribution < -0.4 is 0 Å². The van der Waals surface area contributed by atoms with Gasteiger partial charge in [-0.05, 0) is 102 Å². The van der Waals surface area contributed by atoms with Gasteiger partial charge in [-0.2, -0.15) is 0 Å². The van der Waals surface area contributed by atoms with Crippen molar-refractivity contribution < 1.29 is 9.84 Å². The van der Waals surface area contributed by atoms with Crippen molar-refractivity contribution in [1.29, 1.82) is 0 Å². The van der Waals surface area contributed by atoms with Crippen molar-refractivity contribution in [2.24, 2.45) is 23.2 Å². The highest BCUT2D eigenvalue weighted by Gasteiger charge is 2.51. The fourth-order valence-corrected chi connectivity index (χ4v) is 7.34. The maximum atomic E-state index is 10.6. The minimum absolute atomic E-state index is 0.185. The normalized spacial score (nSPS) is 42.8. The number of hydrogen-bond acceptors (Lipinski definition) is 3. The number of likely N-dealkylation sites (tertiary alicyclic amines) is 1. The number of aliphatic hydroxyl groups is 1. The summed E-state index contributed by atoms with van der Waals surface area (Å²) in [7, 11) is 0. The molecule has 4 bridgehead atoms. The lowest BCUT2D eigenvalue weighted by molar-refractivity contribution is -0.109. The third kappa shape index (κ3) is 3.53. The molecule has 5 rings (SSSR count). The third-order valence-corrected chi connectivity index (χ3v) is 8.09. The SMILES string of the molecule is CC1(C)CCC(C)(C)N1CC(O)COCC12CC3CC(CC(C3)C1)C2. The number of ether oxygens (including phenoxy) is 1. The maximum Gasteiger partial charge on any atom is 0.0900 e. The highest BCUT2D eigenvalue weighted by molar-refractivity contribution is 5.02. The van der Waals surface area contributed by atoms with Gasteiger partial charge in [0.1, 0.15) is 0 Å². The minimum Gasteiger partial charge on any atom is -0.389 e. The van der Waals surface area contributed by atoms with Crippen molar-refractivity contribution in [3.63, 3.8) is 0 Å². The van der Waals surface area contributed by atoms with Gasteiger partial charge in [0.15, 0.2) is 0 Å². The van der Waals surface area contributed by atoms with Crippen LogP contribution in [0.2, 0.25) is 0 Å². The summed E-state index contributed by atoms with van der Waals surface area (Å²) in [5.41, 5.74) is 0.829. The molecule has 0 aromatic heterocycles. The van der Waals surface area contributed by atoms with Gasteiger partial charge >= 0.3 is 0 Å². The summed E-state index contributed by atoms with van der Waals surface area (Å²) in [6.45, 7) is 11.4. The summed E-state index contributed by atoms with van der Waals surface area (Å²) in [6, 6.07) is 0. The lowest BCUT2D eigenvalue weighted by atomic mass is 9.50. The second-order valence-corrected chi connectivity index (χ2v) is 11.3. The molecule has 0 aromatic rings. The molecule has 1 unspecified atom stereocenters. The van der Waals surface area contributed by atoms with Crippen molar-refractivity contribution in [1.82, 2.24) is 4.90 Å². The number of aliphatic hydroxyl groups excluding tert-OH is 1. The van der Waals surface area contributed by atoms with E-state index in [1.807, 2.05) is 0 Å². The lowest BCUT2D eigenvalue weighted by Crippen LogP contribution is -2.52. The third-order valence-electron chi connectivity index (χ3n) is 8.09. The molecule has 0 amide bonds. The molecule has 1 atom stereocenters. The smallest absolute Gasteiger partial charge is 0.0900 e. The zero-order chi connectivity index (χ0) is 17.9. The van der Waals surface area contributed by atoms with Gasteiger partial charge in [0, 0.05) is 17.6 Å². The Morgan fingerprint density at radius 3 is 1.88 bits per heavy atom. The molecule has 1 saturated heterocycles. The molecule has 5 aliphatic rings. The first-order valence-corrected chi connectivity index (χ1v) is 10.7. The van der Waals surface area contributed by atoms with Crippen molar-refractivity contribution >= 4 is 0 Å². The van der Waals surface area contributed by atoms with Crippen LogP contribution in [0.3, 0.4) is 0 Å². The number of hydrogen-bond donors (Lipinski definition) is 1. The Morgan fingerprint density at radius 1 is 0.920 bits per heavy atom. The van der Waals surface area contributed by atoms with Crippen molar-refractivity contribution in [3.05, 3.63) is 0 Å². The summed E-state index contributed by atoms with van der Waals surface area (Å²) in [6.07, 6.45) is 10.7. The molecule has 1 aliphatic heterocycles. The fourth-order valence-electron chi connectivity index (χ4n) is 7.34. The molecule has 1 heterocycles. The Kier molecular flexibility index (Phi) is 4.53. The highest BCUT2D eigenvalue weighted by atomic mass is 16.5. The average Bonchev–Trinajstić information content (AvgIpc) is 2.68. The molecular formula is C22H39NO2. The predicted octanol–water partition coefficient (Wildman–Crippen LogP) is 4.23. The van der Waals surface area contributed by atoms with Crippen LogP contribution in [0.1, 0.15) is 79.1 Å². The van der Waals surface area contributed by atoms with E-state index in [1.165, 1.54) is 51.4 Å². The van der Waals surface area contributed by atoms with Crippen LogP contribution in [-0.2, 0) is 4.74 Å². The lowest BCUT2D eigenvalue weighted by Gasteiger charge is -2.56. The number of β-amino-alcohol motifs (C(OH)–C–C–N with tert-alkyl or cyclic N) is 1. The standard InChI is InChI=1S/C22H39NO2/c1-20(2)5-6-21(3,4)23(20)13-19(24)14-25-15-22-10-16-7-17(11-22)9-18(8-16)12-22/h16-19,24H,5-15H2,1-4H3.